The first kappa shape index (κ1) is 31.3. The van der Waals surface area contributed by atoms with Gasteiger partial charge in [-0.1, -0.05) is 0 Å². The van der Waals surface area contributed by atoms with Crippen molar-refractivity contribution in [2.24, 2.45) is 5.41 Å². The van der Waals surface area contributed by atoms with Crippen LogP contribution < -0.4 is 0 Å². The summed E-state index contributed by atoms with van der Waals surface area (Å²) in [5.74, 6) is -5.37. The molecule has 0 bridgehead atoms. The number of carboxylic acid groups (broad SMARTS) is 2. The molecule has 1 amide bonds. The molecule has 1 unspecified atom stereocenters. The zero-order valence-corrected chi connectivity index (χ0v) is 20.3. The minimum absolute atomic E-state index is 0.145. The lowest BCUT2D eigenvalue weighted by molar-refractivity contribution is -0.193. The van der Waals surface area contributed by atoms with E-state index >= 15 is 0 Å². The number of amides is 1. The summed E-state index contributed by atoms with van der Waals surface area (Å²) in [5.41, 5.74) is 1.02. The molecule has 3 aliphatic heterocycles. The second kappa shape index (κ2) is 13.2. The lowest BCUT2D eigenvalue weighted by Crippen LogP contribution is -2.48. The van der Waals surface area contributed by atoms with Crippen LogP contribution in [0, 0.1) is 5.41 Å². The molecule has 0 saturated carbocycles. The van der Waals surface area contributed by atoms with Crippen molar-refractivity contribution in [3.8, 4) is 0 Å². The fourth-order valence-corrected chi connectivity index (χ4v) is 4.72. The number of aliphatic carboxylic acids is 2. The lowest BCUT2D eigenvalue weighted by Gasteiger charge is -2.41. The molecule has 4 heterocycles. The average molecular weight is 557 g/mol. The molecule has 3 fully saturated rings. The van der Waals surface area contributed by atoms with E-state index < -0.39 is 24.3 Å². The number of likely N-dealkylation sites (tertiary alicyclic amines) is 2. The molecule has 9 nitrogen and oxygen atoms in total. The summed E-state index contributed by atoms with van der Waals surface area (Å²) in [6.45, 7) is 5.92. The molecule has 1 aromatic heterocycles. The van der Waals surface area contributed by atoms with Crippen LogP contribution in [0.5, 0.6) is 0 Å². The Hall–Kier alpha value is -2.94. The van der Waals surface area contributed by atoms with E-state index in [2.05, 4.69) is 14.8 Å². The molecule has 0 aromatic carbocycles. The first-order valence-corrected chi connectivity index (χ1v) is 11.8. The number of piperidine rings is 1. The highest BCUT2D eigenvalue weighted by atomic mass is 19.4. The number of pyridine rings is 1. The Balaban J connectivity index is 0.000000301. The predicted molar refractivity (Wildman–Crippen MR) is 119 cm³/mol. The fourth-order valence-electron chi connectivity index (χ4n) is 4.72. The van der Waals surface area contributed by atoms with Gasteiger partial charge in [-0.3, -0.25) is 14.7 Å². The predicted octanol–water partition coefficient (Wildman–Crippen LogP) is 3.46. The Morgan fingerprint density at radius 3 is 2.03 bits per heavy atom. The standard InChI is InChI=1S/C19H27N3O2.2C2HF3O2/c23-18(16-3-1-8-20-13-16)22-9-2-6-19(15-22)7-10-21(14-19)17-4-11-24-12-5-17;2*3-2(4,5)1(6)7/h1,3,8,13,17H,2,4-7,9-12,14-15H2;2*(H,6,7). The molecule has 0 aliphatic carbocycles. The number of alkyl halides is 6. The third-order valence-electron chi connectivity index (χ3n) is 6.52. The molecular formula is C23H29F6N3O6. The maximum atomic E-state index is 12.8. The van der Waals surface area contributed by atoms with Gasteiger partial charge in [-0.2, -0.15) is 26.3 Å². The van der Waals surface area contributed by atoms with E-state index in [-0.39, 0.29) is 5.91 Å². The molecule has 3 aliphatic rings. The molecule has 2 N–H and O–H groups in total. The molecular weight excluding hydrogens is 528 g/mol. The highest BCUT2D eigenvalue weighted by Crippen LogP contribution is 2.40. The summed E-state index contributed by atoms with van der Waals surface area (Å²) < 4.78 is 69.0. The largest absolute Gasteiger partial charge is 0.490 e. The first-order valence-electron chi connectivity index (χ1n) is 11.8. The number of carbonyl (C=O) groups excluding carboxylic acids is 1. The number of carboxylic acids is 2. The van der Waals surface area contributed by atoms with Crippen molar-refractivity contribution in [1.82, 2.24) is 14.8 Å². The van der Waals surface area contributed by atoms with Crippen LogP contribution in [0.4, 0.5) is 26.3 Å². The van der Waals surface area contributed by atoms with Crippen LogP contribution in [-0.4, -0.2) is 101 Å². The molecule has 1 spiro atoms. The van der Waals surface area contributed by atoms with Crippen molar-refractivity contribution in [1.29, 1.82) is 0 Å². The van der Waals surface area contributed by atoms with Crippen LogP contribution in [0.25, 0.3) is 0 Å². The topological polar surface area (TPSA) is 120 Å². The van der Waals surface area contributed by atoms with E-state index in [9.17, 15) is 31.1 Å². The van der Waals surface area contributed by atoms with Crippen LogP contribution in [-0.2, 0) is 14.3 Å². The second-order valence-electron chi connectivity index (χ2n) is 9.24. The SMILES string of the molecule is O=C(O)C(F)(F)F.O=C(O)C(F)(F)F.O=C(c1cccnc1)N1CCCC2(CCN(C3CCOCC3)C2)C1. The second-order valence-corrected chi connectivity index (χ2v) is 9.24. The molecule has 1 atom stereocenters. The van der Waals surface area contributed by atoms with Gasteiger partial charge in [0.25, 0.3) is 5.91 Å². The average Bonchev–Trinajstić information content (AvgIpc) is 3.27. The van der Waals surface area contributed by atoms with E-state index in [1.807, 2.05) is 12.1 Å². The van der Waals surface area contributed by atoms with Crippen LogP contribution in [0.15, 0.2) is 24.5 Å². The van der Waals surface area contributed by atoms with Crippen molar-refractivity contribution in [3.05, 3.63) is 30.1 Å². The summed E-state index contributed by atoms with van der Waals surface area (Å²) in [5, 5.41) is 14.2. The molecule has 0 radical (unpaired) electrons. The van der Waals surface area contributed by atoms with Crippen LogP contribution in [0.2, 0.25) is 0 Å². The summed E-state index contributed by atoms with van der Waals surface area (Å²) in [7, 11) is 0. The van der Waals surface area contributed by atoms with Gasteiger partial charge in [-0.05, 0) is 50.8 Å². The molecule has 38 heavy (non-hydrogen) atoms. The number of aromatic nitrogens is 1. The number of nitrogens with zero attached hydrogens (tertiary/aromatic N) is 3. The molecule has 214 valence electrons. The number of hydrogen-bond acceptors (Lipinski definition) is 6. The third kappa shape index (κ3) is 9.42. The van der Waals surface area contributed by atoms with E-state index in [0.717, 1.165) is 52.1 Å². The molecule has 3 saturated heterocycles. The van der Waals surface area contributed by atoms with Crippen molar-refractivity contribution in [2.45, 2.75) is 50.5 Å². The number of halogens is 6. The van der Waals surface area contributed by atoms with Crippen LogP contribution in [0.3, 0.4) is 0 Å². The monoisotopic (exact) mass is 557 g/mol. The Labute approximate surface area is 214 Å². The molecule has 15 heteroatoms. The third-order valence-corrected chi connectivity index (χ3v) is 6.52. The zero-order chi connectivity index (χ0) is 28.6. The summed E-state index contributed by atoms with van der Waals surface area (Å²) in [6, 6.07) is 4.40. The minimum Gasteiger partial charge on any atom is -0.475 e. The maximum absolute atomic E-state index is 12.8. The maximum Gasteiger partial charge on any atom is 0.490 e. The number of rotatable bonds is 2. The quantitative estimate of drug-likeness (QED) is 0.531. The van der Waals surface area contributed by atoms with Gasteiger partial charge in [0.15, 0.2) is 0 Å². The normalized spacial score (nSPS) is 22.6. The first-order chi connectivity index (χ1) is 17.6. The van der Waals surface area contributed by atoms with Gasteiger partial charge >= 0.3 is 24.3 Å². The Bertz CT molecular complexity index is 916. The van der Waals surface area contributed by atoms with E-state index in [0.29, 0.717) is 17.0 Å². The van der Waals surface area contributed by atoms with Crippen LogP contribution in [0.1, 0.15) is 42.5 Å². The van der Waals surface area contributed by atoms with Gasteiger partial charge in [0.1, 0.15) is 0 Å². The van der Waals surface area contributed by atoms with Crippen molar-refractivity contribution in [3.63, 3.8) is 0 Å². The fraction of sp³-hybridized carbons (Fsp3) is 0.652. The Morgan fingerprint density at radius 2 is 1.53 bits per heavy atom. The van der Waals surface area contributed by atoms with Gasteiger partial charge < -0.3 is 19.8 Å². The summed E-state index contributed by atoms with van der Waals surface area (Å²) in [4.78, 5) is 39.4. The molecule has 4 rings (SSSR count). The number of carbonyl (C=O) groups is 3. The van der Waals surface area contributed by atoms with E-state index in [1.54, 1.807) is 12.4 Å². The van der Waals surface area contributed by atoms with E-state index in [4.69, 9.17) is 24.5 Å². The highest BCUT2D eigenvalue weighted by Gasteiger charge is 2.44. The molecule has 1 aromatic rings. The van der Waals surface area contributed by atoms with Crippen molar-refractivity contribution < 1.29 is 55.7 Å². The Kier molecular flexibility index (Phi) is 10.9. The lowest BCUT2D eigenvalue weighted by atomic mass is 9.79. The smallest absolute Gasteiger partial charge is 0.475 e. The zero-order valence-electron chi connectivity index (χ0n) is 20.3. The van der Waals surface area contributed by atoms with Gasteiger partial charge in [0.05, 0.1) is 5.56 Å². The van der Waals surface area contributed by atoms with Gasteiger partial charge in [-0.25, -0.2) is 9.59 Å². The van der Waals surface area contributed by atoms with Crippen LogP contribution >= 0.6 is 0 Å². The van der Waals surface area contributed by atoms with Crippen molar-refractivity contribution >= 4 is 17.8 Å². The number of ether oxygens (including phenoxy) is 1. The van der Waals surface area contributed by atoms with Gasteiger partial charge in [0.2, 0.25) is 0 Å². The van der Waals surface area contributed by atoms with E-state index in [1.165, 1.54) is 19.4 Å². The highest BCUT2D eigenvalue weighted by molar-refractivity contribution is 5.94. The summed E-state index contributed by atoms with van der Waals surface area (Å²) in [6.07, 6.45) is -0.842. The van der Waals surface area contributed by atoms with Gasteiger partial charge in [0, 0.05) is 56.7 Å². The number of hydrogen-bond donors (Lipinski definition) is 2. The minimum atomic E-state index is -5.08. The van der Waals surface area contributed by atoms with Crippen molar-refractivity contribution in [2.75, 3.05) is 39.4 Å². The van der Waals surface area contributed by atoms with Gasteiger partial charge in [-0.15, -0.1) is 0 Å². The Morgan fingerprint density at radius 1 is 0.947 bits per heavy atom. The summed E-state index contributed by atoms with van der Waals surface area (Å²) >= 11 is 0.